The second kappa shape index (κ2) is 13.2. The Balaban J connectivity index is 1.33. The first kappa shape index (κ1) is 25.1. The van der Waals surface area contributed by atoms with Gasteiger partial charge in [-0.1, -0.05) is 72.8 Å². The fourth-order valence-electron chi connectivity index (χ4n) is 3.49. The van der Waals surface area contributed by atoms with E-state index in [1.807, 2.05) is 97.1 Å². The molecule has 0 saturated heterocycles. The highest BCUT2D eigenvalue weighted by atomic mass is 16.2. The Morgan fingerprint density at radius 3 is 1.35 bits per heavy atom. The van der Waals surface area contributed by atoms with E-state index in [0.29, 0.717) is 29.2 Å². The Hall–Kier alpha value is -4.98. The molecule has 2 amide bonds. The van der Waals surface area contributed by atoms with Gasteiger partial charge in [-0.3, -0.25) is 19.6 Å². The average Bonchev–Trinajstić information content (AvgIpc) is 2.95. The molecule has 2 aromatic heterocycles. The van der Waals surface area contributed by atoms with Crippen molar-refractivity contribution in [3.8, 4) is 0 Å². The first-order valence-corrected chi connectivity index (χ1v) is 11.9. The Morgan fingerprint density at radius 1 is 0.568 bits per heavy atom. The van der Waals surface area contributed by atoms with Gasteiger partial charge in [-0.15, -0.1) is 0 Å². The van der Waals surface area contributed by atoms with Gasteiger partial charge in [-0.05, 0) is 30.7 Å². The topological polar surface area (TPSA) is 109 Å². The molecule has 37 heavy (non-hydrogen) atoms. The largest absolute Gasteiger partial charge is 0.273 e. The van der Waals surface area contributed by atoms with Crippen molar-refractivity contribution in [2.45, 2.75) is 19.3 Å². The Kier molecular flexibility index (Phi) is 8.96. The van der Waals surface area contributed by atoms with E-state index in [1.165, 1.54) is 0 Å². The van der Waals surface area contributed by atoms with E-state index in [0.717, 1.165) is 11.1 Å². The van der Waals surface area contributed by atoms with Gasteiger partial charge >= 0.3 is 0 Å². The van der Waals surface area contributed by atoms with Gasteiger partial charge in [0.2, 0.25) is 11.8 Å². The Labute approximate surface area is 215 Å². The molecule has 4 rings (SSSR count). The van der Waals surface area contributed by atoms with Crippen LogP contribution in [-0.4, -0.2) is 33.2 Å². The molecule has 8 heteroatoms. The summed E-state index contributed by atoms with van der Waals surface area (Å²) < 4.78 is 0. The van der Waals surface area contributed by atoms with Crippen LogP contribution in [0.3, 0.4) is 0 Å². The summed E-state index contributed by atoms with van der Waals surface area (Å²) in [5, 5.41) is 8.63. The number of nitrogens with zero attached hydrogens (tertiary/aromatic N) is 4. The minimum atomic E-state index is -0.292. The molecule has 0 spiro atoms. The van der Waals surface area contributed by atoms with Crippen molar-refractivity contribution in [3.63, 3.8) is 0 Å². The van der Waals surface area contributed by atoms with E-state index in [9.17, 15) is 9.59 Å². The summed E-state index contributed by atoms with van der Waals surface area (Å²) >= 11 is 0. The van der Waals surface area contributed by atoms with Gasteiger partial charge < -0.3 is 0 Å². The summed E-state index contributed by atoms with van der Waals surface area (Å²) in [5.74, 6) is -0.585. The lowest BCUT2D eigenvalue weighted by molar-refractivity contribution is -0.122. The first-order valence-electron chi connectivity index (χ1n) is 11.9. The number of aromatic nitrogens is 2. The minimum absolute atomic E-state index is 0.136. The fourth-order valence-corrected chi connectivity index (χ4v) is 3.49. The molecule has 2 N–H and O–H groups in total. The third-order valence-electron chi connectivity index (χ3n) is 5.30. The normalized spacial score (nSPS) is 11.6. The highest BCUT2D eigenvalue weighted by Crippen LogP contribution is 2.10. The Morgan fingerprint density at radius 2 is 0.973 bits per heavy atom. The number of hydrazone groups is 2. The predicted molar refractivity (Wildman–Crippen MR) is 143 cm³/mol. The van der Waals surface area contributed by atoms with E-state index in [2.05, 4.69) is 31.0 Å². The molecule has 8 nitrogen and oxygen atoms in total. The van der Waals surface area contributed by atoms with Crippen molar-refractivity contribution in [2.24, 2.45) is 10.2 Å². The van der Waals surface area contributed by atoms with Gasteiger partial charge in [-0.25, -0.2) is 10.9 Å². The van der Waals surface area contributed by atoms with Crippen LogP contribution < -0.4 is 10.9 Å². The molecule has 0 aliphatic heterocycles. The zero-order valence-electron chi connectivity index (χ0n) is 20.1. The summed E-state index contributed by atoms with van der Waals surface area (Å²) in [6, 6.07) is 30.0. The number of pyridine rings is 2. The molecule has 0 aliphatic carbocycles. The maximum absolute atomic E-state index is 12.4. The number of carbonyl (C=O) groups excluding carboxylic acids is 2. The van der Waals surface area contributed by atoms with E-state index in [-0.39, 0.29) is 24.7 Å². The molecule has 4 aromatic rings. The fraction of sp³-hybridized carbons (Fsp3) is 0.103. The maximum atomic E-state index is 12.4. The molecular weight excluding hydrogens is 464 g/mol. The van der Waals surface area contributed by atoms with E-state index in [4.69, 9.17) is 0 Å². The molecule has 0 bridgehead atoms. The highest BCUT2D eigenvalue weighted by molar-refractivity contribution is 6.12. The number of carbonyl (C=O) groups is 2. The van der Waals surface area contributed by atoms with Crippen molar-refractivity contribution < 1.29 is 9.59 Å². The van der Waals surface area contributed by atoms with Gasteiger partial charge in [-0.2, -0.15) is 10.2 Å². The van der Waals surface area contributed by atoms with Gasteiger partial charge in [0.25, 0.3) is 0 Å². The van der Waals surface area contributed by atoms with Crippen molar-refractivity contribution in [1.29, 1.82) is 0 Å². The van der Waals surface area contributed by atoms with Gasteiger partial charge in [0, 0.05) is 36.4 Å². The molecule has 0 fully saturated rings. The SMILES string of the molecule is O=C(CCCC(=O)NN=C(c1ccccc1)c1ccccn1)NN=C(c1ccccc1)c1ccccn1. The van der Waals surface area contributed by atoms with Crippen LogP contribution in [0.15, 0.2) is 120 Å². The molecule has 184 valence electrons. The summed E-state index contributed by atoms with van der Waals surface area (Å²) in [6.45, 7) is 0. The minimum Gasteiger partial charge on any atom is -0.273 e. The predicted octanol–water partition coefficient (Wildman–Crippen LogP) is 4.08. The van der Waals surface area contributed by atoms with Crippen LogP contribution >= 0.6 is 0 Å². The number of hydrogen-bond acceptors (Lipinski definition) is 6. The summed E-state index contributed by atoms with van der Waals surface area (Å²) in [7, 11) is 0. The average molecular weight is 491 g/mol. The molecule has 0 unspecified atom stereocenters. The molecule has 2 aromatic carbocycles. The zero-order chi connectivity index (χ0) is 25.7. The number of benzene rings is 2. The summed E-state index contributed by atoms with van der Waals surface area (Å²) in [4.78, 5) is 33.5. The molecular formula is C29H26N6O2. The van der Waals surface area contributed by atoms with Crippen LogP contribution in [0.1, 0.15) is 41.8 Å². The number of rotatable bonds is 10. The standard InChI is InChI=1S/C29H26N6O2/c36-26(32-34-28(22-12-3-1-4-13-22)24-16-7-9-20-30-24)18-11-19-27(37)33-35-29(23-14-5-2-6-15-23)25-17-8-10-21-31-25/h1-10,12-17,20-21H,11,18-19H2,(H,32,36)(H,33,37). The van der Waals surface area contributed by atoms with Crippen LogP contribution in [0.4, 0.5) is 0 Å². The number of hydrogen-bond donors (Lipinski definition) is 2. The van der Waals surface area contributed by atoms with Crippen molar-refractivity contribution in [3.05, 3.63) is 132 Å². The molecule has 2 heterocycles. The monoisotopic (exact) mass is 490 g/mol. The van der Waals surface area contributed by atoms with Crippen LogP contribution in [-0.2, 0) is 9.59 Å². The summed E-state index contributed by atoms with van der Waals surface area (Å²) in [5.41, 5.74) is 9.26. The second-order valence-electron chi connectivity index (χ2n) is 8.01. The quantitative estimate of drug-likeness (QED) is 0.258. The van der Waals surface area contributed by atoms with Crippen LogP contribution in [0.25, 0.3) is 0 Å². The zero-order valence-corrected chi connectivity index (χ0v) is 20.1. The molecule has 0 saturated carbocycles. The lowest BCUT2D eigenvalue weighted by atomic mass is 10.1. The van der Waals surface area contributed by atoms with Crippen LogP contribution in [0.2, 0.25) is 0 Å². The third-order valence-corrected chi connectivity index (χ3v) is 5.30. The van der Waals surface area contributed by atoms with Crippen molar-refractivity contribution in [1.82, 2.24) is 20.8 Å². The molecule has 0 aliphatic rings. The third kappa shape index (κ3) is 7.50. The molecule has 0 atom stereocenters. The smallest absolute Gasteiger partial charge is 0.240 e. The van der Waals surface area contributed by atoms with Crippen LogP contribution in [0.5, 0.6) is 0 Å². The van der Waals surface area contributed by atoms with E-state index < -0.39 is 0 Å². The van der Waals surface area contributed by atoms with Crippen molar-refractivity contribution >= 4 is 23.2 Å². The van der Waals surface area contributed by atoms with Crippen molar-refractivity contribution in [2.75, 3.05) is 0 Å². The highest BCUT2D eigenvalue weighted by Gasteiger charge is 2.11. The lowest BCUT2D eigenvalue weighted by Crippen LogP contribution is -2.23. The van der Waals surface area contributed by atoms with E-state index in [1.54, 1.807) is 12.4 Å². The molecule has 0 radical (unpaired) electrons. The van der Waals surface area contributed by atoms with Gasteiger partial charge in [0.1, 0.15) is 11.4 Å². The van der Waals surface area contributed by atoms with Gasteiger partial charge in [0.05, 0.1) is 11.4 Å². The second-order valence-corrected chi connectivity index (χ2v) is 8.01. The summed E-state index contributed by atoms with van der Waals surface area (Å²) in [6.07, 6.45) is 3.96. The number of amides is 2. The maximum Gasteiger partial charge on any atom is 0.240 e. The first-order chi connectivity index (χ1) is 18.2. The van der Waals surface area contributed by atoms with Crippen LogP contribution in [0, 0.1) is 0 Å². The van der Waals surface area contributed by atoms with E-state index >= 15 is 0 Å². The Bertz CT molecular complexity index is 1170. The van der Waals surface area contributed by atoms with Gasteiger partial charge in [0.15, 0.2) is 0 Å². The lowest BCUT2D eigenvalue weighted by Gasteiger charge is -2.08. The number of nitrogens with one attached hydrogen (secondary N) is 2.